The summed E-state index contributed by atoms with van der Waals surface area (Å²) in [5.74, 6) is -1.33. The van der Waals surface area contributed by atoms with Gasteiger partial charge in [0.25, 0.3) is 11.8 Å². The lowest BCUT2D eigenvalue weighted by atomic mass is 10.1. The van der Waals surface area contributed by atoms with Gasteiger partial charge >= 0.3 is 6.18 Å². The standard InChI is InChI=1S/C13H13F3N2O3/c14-13(15,16)8-3-4-18(7-8)12(19)9-1-2-10-11(17-9)21-6-5-20-10/h1-2,8H,3-7H2. The number of carbonyl (C=O) groups is 1. The van der Waals surface area contributed by atoms with Crippen LogP contribution >= 0.6 is 0 Å². The monoisotopic (exact) mass is 302 g/mol. The van der Waals surface area contributed by atoms with Crippen molar-refractivity contribution in [3.05, 3.63) is 17.8 Å². The molecule has 1 saturated heterocycles. The van der Waals surface area contributed by atoms with Gasteiger partial charge in [-0.25, -0.2) is 4.98 Å². The lowest BCUT2D eigenvalue weighted by Crippen LogP contribution is -2.32. The summed E-state index contributed by atoms with van der Waals surface area (Å²) in [6.45, 7) is 0.496. The Hall–Kier alpha value is -1.99. The minimum Gasteiger partial charge on any atom is -0.484 e. The van der Waals surface area contributed by atoms with E-state index in [1.807, 2.05) is 0 Å². The van der Waals surface area contributed by atoms with Crippen LogP contribution in [0, 0.1) is 5.92 Å². The van der Waals surface area contributed by atoms with Crippen LogP contribution in [0.5, 0.6) is 11.6 Å². The van der Waals surface area contributed by atoms with Crippen molar-refractivity contribution in [1.29, 1.82) is 0 Å². The molecule has 0 spiro atoms. The van der Waals surface area contributed by atoms with Crippen molar-refractivity contribution in [2.75, 3.05) is 26.3 Å². The summed E-state index contributed by atoms with van der Waals surface area (Å²) in [7, 11) is 0. The molecule has 0 aliphatic carbocycles. The second kappa shape index (κ2) is 5.09. The first-order chi connectivity index (χ1) is 9.95. The third-order valence-electron chi connectivity index (χ3n) is 3.56. The van der Waals surface area contributed by atoms with Crippen LogP contribution in [-0.2, 0) is 0 Å². The number of likely N-dealkylation sites (tertiary alicyclic amines) is 1. The SMILES string of the molecule is O=C(c1ccc2c(n1)OCCO2)N1CCC(C(F)(F)F)C1. The molecule has 2 aliphatic heterocycles. The summed E-state index contributed by atoms with van der Waals surface area (Å²) in [5.41, 5.74) is 0.0714. The number of rotatable bonds is 1. The molecule has 2 aliphatic rings. The molecule has 0 saturated carbocycles. The van der Waals surface area contributed by atoms with Gasteiger partial charge in [-0.05, 0) is 18.6 Å². The molecule has 21 heavy (non-hydrogen) atoms. The van der Waals surface area contributed by atoms with Crippen molar-refractivity contribution in [3.63, 3.8) is 0 Å². The second-order valence-corrected chi connectivity index (χ2v) is 4.98. The molecule has 1 fully saturated rings. The van der Waals surface area contributed by atoms with Crippen molar-refractivity contribution in [2.45, 2.75) is 12.6 Å². The number of carbonyl (C=O) groups excluding carboxylic acids is 1. The van der Waals surface area contributed by atoms with E-state index in [9.17, 15) is 18.0 Å². The Labute approximate surface area is 118 Å². The van der Waals surface area contributed by atoms with Gasteiger partial charge in [0.1, 0.15) is 18.9 Å². The van der Waals surface area contributed by atoms with Crippen molar-refractivity contribution in [1.82, 2.24) is 9.88 Å². The number of fused-ring (bicyclic) bond motifs is 1. The van der Waals surface area contributed by atoms with Crippen LogP contribution in [0.2, 0.25) is 0 Å². The van der Waals surface area contributed by atoms with Gasteiger partial charge in [0.15, 0.2) is 5.75 Å². The topological polar surface area (TPSA) is 51.7 Å². The molecular weight excluding hydrogens is 289 g/mol. The molecular formula is C13H13F3N2O3. The molecule has 0 radical (unpaired) electrons. The molecule has 1 aromatic heterocycles. The van der Waals surface area contributed by atoms with E-state index in [-0.39, 0.29) is 31.1 Å². The molecule has 0 N–H and O–H groups in total. The Bertz CT molecular complexity index is 562. The van der Waals surface area contributed by atoms with Crippen LogP contribution in [0.15, 0.2) is 12.1 Å². The Kier molecular flexibility index (Phi) is 3.38. The number of nitrogens with zero attached hydrogens (tertiary/aromatic N) is 2. The molecule has 1 unspecified atom stereocenters. The van der Waals surface area contributed by atoms with E-state index in [1.54, 1.807) is 6.07 Å². The number of aromatic nitrogens is 1. The average molecular weight is 302 g/mol. The zero-order valence-corrected chi connectivity index (χ0v) is 11.0. The summed E-state index contributed by atoms with van der Waals surface area (Å²) >= 11 is 0. The number of pyridine rings is 1. The molecule has 0 aromatic carbocycles. The van der Waals surface area contributed by atoms with Gasteiger partial charge < -0.3 is 14.4 Å². The van der Waals surface area contributed by atoms with Gasteiger partial charge in [-0.2, -0.15) is 13.2 Å². The number of amides is 1. The number of alkyl halides is 3. The summed E-state index contributed by atoms with van der Waals surface area (Å²) in [4.78, 5) is 17.4. The maximum absolute atomic E-state index is 12.6. The van der Waals surface area contributed by atoms with Crippen molar-refractivity contribution >= 4 is 5.91 Å². The normalized spacial score (nSPS) is 21.5. The zero-order valence-electron chi connectivity index (χ0n) is 11.0. The fourth-order valence-corrected chi connectivity index (χ4v) is 2.42. The van der Waals surface area contributed by atoms with E-state index >= 15 is 0 Å². The highest BCUT2D eigenvalue weighted by atomic mass is 19.4. The van der Waals surface area contributed by atoms with Gasteiger partial charge in [-0.1, -0.05) is 0 Å². The molecule has 114 valence electrons. The molecule has 5 nitrogen and oxygen atoms in total. The van der Waals surface area contributed by atoms with Gasteiger partial charge in [0.2, 0.25) is 0 Å². The van der Waals surface area contributed by atoms with Crippen LogP contribution < -0.4 is 9.47 Å². The molecule has 1 amide bonds. The van der Waals surface area contributed by atoms with Crippen molar-refractivity contribution in [2.24, 2.45) is 5.92 Å². The Balaban J connectivity index is 1.74. The third kappa shape index (κ3) is 2.74. The lowest BCUT2D eigenvalue weighted by Gasteiger charge is -2.20. The minimum absolute atomic E-state index is 0.0697. The van der Waals surface area contributed by atoms with Gasteiger partial charge in [0.05, 0.1) is 5.92 Å². The first-order valence-electron chi connectivity index (χ1n) is 6.58. The molecule has 0 bridgehead atoms. The smallest absolute Gasteiger partial charge is 0.393 e. The van der Waals surface area contributed by atoms with Crippen LogP contribution in [0.3, 0.4) is 0 Å². The Morgan fingerprint density at radius 2 is 2.05 bits per heavy atom. The highest BCUT2D eigenvalue weighted by molar-refractivity contribution is 5.92. The molecule has 3 heterocycles. The maximum atomic E-state index is 12.6. The van der Waals surface area contributed by atoms with E-state index in [0.717, 1.165) is 0 Å². The average Bonchev–Trinajstić information content (AvgIpc) is 2.96. The Morgan fingerprint density at radius 3 is 2.76 bits per heavy atom. The predicted molar refractivity (Wildman–Crippen MR) is 65.3 cm³/mol. The summed E-state index contributed by atoms with van der Waals surface area (Å²) < 4.78 is 48.5. The van der Waals surface area contributed by atoms with Crippen LogP contribution in [0.1, 0.15) is 16.9 Å². The molecule has 8 heteroatoms. The van der Waals surface area contributed by atoms with Gasteiger partial charge in [-0.15, -0.1) is 0 Å². The van der Waals surface area contributed by atoms with Gasteiger partial charge in [0, 0.05) is 13.1 Å². The van der Waals surface area contributed by atoms with E-state index in [4.69, 9.17) is 9.47 Å². The van der Waals surface area contributed by atoms with E-state index in [0.29, 0.717) is 19.0 Å². The fourth-order valence-electron chi connectivity index (χ4n) is 2.42. The summed E-state index contributed by atoms with van der Waals surface area (Å²) in [6, 6.07) is 2.99. The van der Waals surface area contributed by atoms with E-state index in [1.165, 1.54) is 11.0 Å². The van der Waals surface area contributed by atoms with Crippen LogP contribution in [-0.4, -0.2) is 48.3 Å². The number of hydrogen-bond donors (Lipinski definition) is 0. The number of hydrogen-bond acceptors (Lipinski definition) is 4. The van der Waals surface area contributed by atoms with E-state index in [2.05, 4.69) is 4.98 Å². The summed E-state index contributed by atoms with van der Waals surface area (Å²) in [6.07, 6.45) is -4.34. The van der Waals surface area contributed by atoms with Crippen molar-refractivity contribution < 1.29 is 27.4 Å². The van der Waals surface area contributed by atoms with Crippen LogP contribution in [0.4, 0.5) is 13.2 Å². The third-order valence-corrected chi connectivity index (χ3v) is 3.56. The predicted octanol–water partition coefficient (Wildman–Crippen LogP) is 1.88. The highest BCUT2D eigenvalue weighted by Gasteiger charge is 2.44. The first-order valence-corrected chi connectivity index (χ1v) is 6.58. The maximum Gasteiger partial charge on any atom is 0.393 e. The molecule has 3 rings (SSSR count). The first kappa shape index (κ1) is 14.0. The van der Waals surface area contributed by atoms with Gasteiger partial charge in [-0.3, -0.25) is 4.79 Å². The summed E-state index contributed by atoms with van der Waals surface area (Å²) in [5, 5.41) is 0. The van der Waals surface area contributed by atoms with Crippen LogP contribution in [0.25, 0.3) is 0 Å². The quantitative estimate of drug-likeness (QED) is 0.795. The highest BCUT2D eigenvalue weighted by Crippen LogP contribution is 2.34. The van der Waals surface area contributed by atoms with Crippen molar-refractivity contribution in [3.8, 4) is 11.6 Å². The lowest BCUT2D eigenvalue weighted by molar-refractivity contribution is -0.169. The fraction of sp³-hybridized carbons (Fsp3) is 0.538. The zero-order chi connectivity index (χ0) is 15.0. The molecule has 1 atom stereocenters. The molecule has 1 aromatic rings. The number of ether oxygens (including phenoxy) is 2. The Morgan fingerprint density at radius 1 is 1.29 bits per heavy atom. The number of halogens is 3. The van der Waals surface area contributed by atoms with E-state index < -0.39 is 18.0 Å². The minimum atomic E-state index is -4.27. The second-order valence-electron chi connectivity index (χ2n) is 4.98. The largest absolute Gasteiger partial charge is 0.484 e.